The molecule has 0 aromatic heterocycles. The second kappa shape index (κ2) is 11.3. The summed E-state index contributed by atoms with van der Waals surface area (Å²) in [6.45, 7) is 1.35. The van der Waals surface area contributed by atoms with Crippen LogP contribution < -0.4 is 0 Å². The van der Waals surface area contributed by atoms with Gasteiger partial charge in [0.2, 0.25) is 5.79 Å². The molecular weight excluding hydrogens is 464 g/mol. The predicted octanol–water partition coefficient (Wildman–Crippen LogP) is 3.75. The minimum atomic E-state index is -1.81. The van der Waals surface area contributed by atoms with Gasteiger partial charge in [0.05, 0.1) is 16.7 Å². The predicted molar refractivity (Wildman–Crippen MR) is 129 cm³/mol. The number of ether oxygens (including phenoxy) is 4. The third-order valence-electron chi connectivity index (χ3n) is 6.11. The van der Waals surface area contributed by atoms with Gasteiger partial charge in [0.15, 0.2) is 12.2 Å². The molecule has 1 aliphatic heterocycles. The van der Waals surface area contributed by atoms with Crippen molar-refractivity contribution in [2.45, 2.75) is 50.3 Å². The van der Waals surface area contributed by atoms with Crippen LogP contribution in [0.25, 0.3) is 0 Å². The van der Waals surface area contributed by atoms with E-state index in [-0.39, 0.29) is 24.2 Å². The lowest BCUT2D eigenvalue weighted by molar-refractivity contribution is -0.232. The lowest BCUT2D eigenvalue weighted by Crippen LogP contribution is -2.47. The molecule has 0 saturated carbocycles. The average molecular weight is 493 g/mol. The van der Waals surface area contributed by atoms with Crippen LogP contribution in [0.4, 0.5) is 0 Å². The van der Waals surface area contributed by atoms with Crippen LogP contribution in [0.3, 0.4) is 0 Å². The van der Waals surface area contributed by atoms with E-state index in [1.807, 2.05) is 6.08 Å². The first-order chi connectivity index (χ1) is 17.4. The van der Waals surface area contributed by atoms with Crippen molar-refractivity contribution in [2.24, 2.45) is 0 Å². The summed E-state index contributed by atoms with van der Waals surface area (Å²) < 4.78 is 22.7. The minimum Gasteiger partial charge on any atom is -0.459 e. The first-order valence-corrected chi connectivity index (χ1v) is 11.9. The smallest absolute Gasteiger partial charge is 0.340 e. The van der Waals surface area contributed by atoms with E-state index in [1.165, 1.54) is 0 Å². The van der Waals surface area contributed by atoms with Gasteiger partial charge < -0.3 is 24.1 Å². The maximum absolute atomic E-state index is 12.8. The van der Waals surface area contributed by atoms with Crippen LogP contribution in [0, 0.1) is 0 Å². The summed E-state index contributed by atoms with van der Waals surface area (Å²) in [6.07, 6.45) is 3.10. The fraction of sp³-hybridized carbons (Fsp3) is 0.321. The molecule has 0 spiro atoms. The fourth-order valence-corrected chi connectivity index (χ4v) is 4.13. The van der Waals surface area contributed by atoms with Crippen molar-refractivity contribution in [1.82, 2.24) is 0 Å². The molecule has 4 atom stereocenters. The van der Waals surface area contributed by atoms with Crippen LogP contribution >= 0.6 is 0 Å². The van der Waals surface area contributed by atoms with Gasteiger partial charge in [0.1, 0.15) is 12.7 Å². The van der Waals surface area contributed by atoms with Crippen molar-refractivity contribution >= 4 is 17.9 Å². The molecule has 36 heavy (non-hydrogen) atoms. The number of benzene rings is 2. The molecule has 1 N–H and O–H groups in total. The molecular formula is C28H28O8. The van der Waals surface area contributed by atoms with Crippen molar-refractivity contribution in [3.05, 3.63) is 95.6 Å². The van der Waals surface area contributed by atoms with Gasteiger partial charge in [-0.2, -0.15) is 0 Å². The van der Waals surface area contributed by atoms with E-state index in [2.05, 4.69) is 0 Å². The molecule has 188 valence electrons. The van der Waals surface area contributed by atoms with Gasteiger partial charge in [-0.05, 0) is 37.1 Å². The zero-order valence-corrected chi connectivity index (χ0v) is 19.9. The molecule has 0 radical (unpaired) electrons. The fourth-order valence-electron chi connectivity index (χ4n) is 4.13. The number of carbonyl (C=O) groups is 3. The van der Waals surface area contributed by atoms with Crippen molar-refractivity contribution < 1.29 is 38.4 Å². The van der Waals surface area contributed by atoms with E-state index in [9.17, 15) is 19.5 Å². The zero-order chi connectivity index (χ0) is 25.5. The highest BCUT2D eigenvalue weighted by atomic mass is 16.8. The molecule has 2 aromatic rings. The molecule has 8 nitrogen and oxygen atoms in total. The van der Waals surface area contributed by atoms with Gasteiger partial charge in [0.25, 0.3) is 0 Å². The van der Waals surface area contributed by atoms with Crippen molar-refractivity contribution in [3.63, 3.8) is 0 Å². The highest BCUT2D eigenvalue weighted by molar-refractivity contribution is 5.92. The topological polar surface area (TPSA) is 108 Å². The summed E-state index contributed by atoms with van der Waals surface area (Å²) in [5.74, 6) is -3.78. The van der Waals surface area contributed by atoms with Gasteiger partial charge in [0, 0.05) is 6.42 Å². The van der Waals surface area contributed by atoms with Gasteiger partial charge in [-0.1, -0.05) is 61.5 Å². The lowest BCUT2D eigenvalue weighted by atomic mass is 10.0. The SMILES string of the molecule is CCC1(OC(=O)c2ccccc2)O[C@H](COC(=O)C2=CCCC=C2)[C@H](OC(=O)c2ccccc2)[C@H]1O. The first-order valence-electron chi connectivity index (χ1n) is 11.9. The Labute approximate surface area is 209 Å². The quantitative estimate of drug-likeness (QED) is 0.438. The number of carbonyl (C=O) groups excluding carboxylic acids is 3. The Morgan fingerprint density at radius 2 is 1.58 bits per heavy atom. The van der Waals surface area contributed by atoms with E-state index < -0.39 is 42.0 Å². The Morgan fingerprint density at radius 3 is 2.17 bits per heavy atom. The molecule has 1 heterocycles. The molecule has 4 rings (SSSR count). The van der Waals surface area contributed by atoms with E-state index >= 15 is 0 Å². The number of rotatable bonds is 8. The van der Waals surface area contributed by atoms with Crippen molar-refractivity contribution in [1.29, 1.82) is 0 Å². The zero-order valence-electron chi connectivity index (χ0n) is 19.9. The Balaban J connectivity index is 1.55. The number of hydrogen-bond acceptors (Lipinski definition) is 8. The van der Waals surface area contributed by atoms with E-state index in [4.69, 9.17) is 18.9 Å². The molecule has 2 aliphatic rings. The van der Waals surface area contributed by atoms with Gasteiger partial charge in [-0.3, -0.25) is 0 Å². The van der Waals surface area contributed by atoms with E-state index in [1.54, 1.807) is 79.7 Å². The molecule has 1 saturated heterocycles. The Bertz CT molecular complexity index is 1140. The highest BCUT2D eigenvalue weighted by Gasteiger charge is 2.59. The molecule has 1 aliphatic carbocycles. The maximum Gasteiger partial charge on any atom is 0.340 e. The molecule has 8 heteroatoms. The summed E-state index contributed by atoms with van der Waals surface area (Å²) in [4.78, 5) is 38.1. The Morgan fingerprint density at radius 1 is 0.944 bits per heavy atom. The standard InChI is InChI=1S/C28H28O8/c1-2-28(36-27(32)21-16-10-5-11-17-21)24(29)23(34-26(31)20-14-8-4-9-15-20)22(35-28)18-33-25(30)19-12-6-3-7-13-19/h4-6,8-17,22-24,29H,2-3,7,18H2,1H3/t22-,23+,24-,28?/m1/s1. The molecule has 0 amide bonds. The second-order valence-electron chi connectivity index (χ2n) is 8.50. The summed E-state index contributed by atoms with van der Waals surface area (Å²) in [6, 6.07) is 16.5. The largest absolute Gasteiger partial charge is 0.459 e. The van der Waals surface area contributed by atoms with Crippen LogP contribution in [-0.2, 0) is 23.7 Å². The number of esters is 3. The number of hydrogen-bond donors (Lipinski definition) is 1. The third-order valence-corrected chi connectivity index (χ3v) is 6.11. The summed E-state index contributed by atoms with van der Waals surface area (Å²) in [7, 11) is 0. The lowest BCUT2D eigenvalue weighted by Gasteiger charge is -2.30. The van der Waals surface area contributed by atoms with Crippen LogP contribution in [0.5, 0.6) is 0 Å². The third kappa shape index (κ3) is 5.56. The van der Waals surface area contributed by atoms with Crippen LogP contribution in [0.1, 0.15) is 46.9 Å². The molecule has 1 fully saturated rings. The Kier molecular flexibility index (Phi) is 7.97. The summed E-state index contributed by atoms with van der Waals surface area (Å²) >= 11 is 0. The second-order valence-corrected chi connectivity index (χ2v) is 8.50. The average Bonchev–Trinajstić information content (AvgIpc) is 3.19. The monoisotopic (exact) mass is 492 g/mol. The van der Waals surface area contributed by atoms with Gasteiger partial charge >= 0.3 is 17.9 Å². The van der Waals surface area contributed by atoms with Crippen LogP contribution in [0.2, 0.25) is 0 Å². The molecule has 1 unspecified atom stereocenters. The number of aliphatic hydroxyl groups is 1. The summed E-state index contributed by atoms with van der Waals surface area (Å²) in [5.41, 5.74) is 0.952. The summed E-state index contributed by atoms with van der Waals surface area (Å²) in [5, 5.41) is 11.2. The number of aliphatic hydroxyl groups excluding tert-OH is 1. The van der Waals surface area contributed by atoms with Crippen molar-refractivity contribution in [3.8, 4) is 0 Å². The normalized spacial score (nSPS) is 25.1. The maximum atomic E-state index is 12.8. The van der Waals surface area contributed by atoms with E-state index in [0.29, 0.717) is 5.57 Å². The van der Waals surface area contributed by atoms with Gasteiger partial charge in [-0.25, -0.2) is 14.4 Å². The van der Waals surface area contributed by atoms with Gasteiger partial charge in [-0.15, -0.1) is 0 Å². The molecule has 2 aromatic carbocycles. The Hall–Kier alpha value is -3.75. The minimum absolute atomic E-state index is 0.0600. The van der Waals surface area contributed by atoms with Crippen LogP contribution in [-0.4, -0.2) is 53.7 Å². The van der Waals surface area contributed by atoms with E-state index in [0.717, 1.165) is 12.8 Å². The van der Waals surface area contributed by atoms with Crippen molar-refractivity contribution in [2.75, 3.05) is 6.61 Å². The first kappa shape index (κ1) is 25.3. The highest BCUT2D eigenvalue weighted by Crippen LogP contribution is 2.38. The molecule has 0 bridgehead atoms. The van der Waals surface area contributed by atoms with Crippen LogP contribution in [0.15, 0.2) is 84.5 Å². The number of allylic oxidation sites excluding steroid dienone is 2.